The zero-order valence-electron chi connectivity index (χ0n) is 14.1. The molecule has 0 saturated carbocycles. The average Bonchev–Trinajstić information content (AvgIpc) is 2.55. The highest BCUT2D eigenvalue weighted by molar-refractivity contribution is 8.03. The number of sulfonamides is 1. The molecule has 0 radical (unpaired) electrons. The molecule has 1 aliphatic rings. The Morgan fingerprint density at radius 2 is 1.72 bits per heavy atom. The zero-order valence-corrected chi connectivity index (χ0v) is 15.8. The van der Waals surface area contributed by atoms with Crippen molar-refractivity contribution in [3.8, 4) is 0 Å². The first-order valence-electron chi connectivity index (χ1n) is 7.88. The van der Waals surface area contributed by atoms with Crippen LogP contribution in [-0.2, 0) is 19.8 Å². The Kier molecular flexibility index (Phi) is 4.79. The summed E-state index contributed by atoms with van der Waals surface area (Å²) >= 11 is 0. The number of hydrogen-bond donors (Lipinski definition) is 0. The van der Waals surface area contributed by atoms with Crippen LogP contribution >= 0.6 is 0 Å². The fourth-order valence-electron chi connectivity index (χ4n) is 2.58. The van der Waals surface area contributed by atoms with Gasteiger partial charge in [-0.1, -0.05) is 17.7 Å². The van der Waals surface area contributed by atoms with Crippen molar-refractivity contribution in [3.05, 3.63) is 47.9 Å². The van der Waals surface area contributed by atoms with E-state index in [2.05, 4.69) is 13.7 Å². The van der Waals surface area contributed by atoms with E-state index in [4.69, 9.17) is 0 Å². The third kappa shape index (κ3) is 4.16. The molecule has 9 heteroatoms. The van der Waals surface area contributed by atoms with Gasteiger partial charge in [-0.3, -0.25) is 0 Å². The highest BCUT2D eigenvalue weighted by Crippen LogP contribution is 2.19. The molecule has 0 unspecified atom stereocenters. The van der Waals surface area contributed by atoms with Gasteiger partial charge in [0.1, 0.15) is 11.6 Å². The van der Waals surface area contributed by atoms with Gasteiger partial charge in [0.2, 0.25) is 0 Å². The molecule has 2 aromatic rings. The lowest BCUT2D eigenvalue weighted by atomic mass is 10.2. The van der Waals surface area contributed by atoms with Crippen molar-refractivity contribution < 1.29 is 12.6 Å². The van der Waals surface area contributed by atoms with Crippen molar-refractivity contribution in [1.82, 2.24) is 9.97 Å². The Morgan fingerprint density at radius 1 is 1.08 bits per heavy atom. The maximum Gasteiger partial charge on any atom is 0.290 e. The molecule has 25 heavy (non-hydrogen) atoms. The second-order valence-corrected chi connectivity index (χ2v) is 10.4. The summed E-state index contributed by atoms with van der Waals surface area (Å²) in [6.07, 6.45) is 1.68. The van der Waals surface area contributed by atoms with Crippen molar-refractivity contribution in [1.29, 1.82) is 0 Å². The van der Waals surface area contributed by atoms with E-state index in [9.17, 15) is 12.6 Å². The van der Waals surface area contributed by atoms with Crippen LogP contribution in [0.5, 0.6) is 0 Å². The first-order valence-corrected chi connectivity index (χ1v) is 11.2. The second kappa shape index (κ2) is 6.72. The summed E-state index contributed by atoms with van der Waals surface area (Å²) in [7, 11) is -6.72. The van der Waals surface area contributed by atoms with Gasteiger partial charge in [-0.15, -0.1) is 3.77 Å². The molecule has 1 aromatic heterocycles. The van der Waals surface area contributed by atoms with E-state index < -0.39 is 19.8 Å². The van der Waals surface area contributed by atoms with E-state index in [1.165, 1.54) is 12.1 Å². The SMILES string of the molecule is Cc1ccc(S(=O)(=O)N=S2(=O)CCN(c3ccnc(C)n3)CC2)cc1. The lowest BCUT2D eigenvalue weighted by molar-refractivity contribution is 0.597. The van der Waals surface area contributed by atoms with Crippen molar-refractivity contribution in [3.63, 3.8) is 0 Å². The molecule has 0 amide bonds. The molecule has 134 valence electrons. The van der Waals surface area contributed by atoms with Gasteiger partial charge in [-0.05, 0) is 32.0 Å². The van der Waals surface area contributed by atoms with E-state index in [1.807, 2.05) is 11.8 Å². The summed E-state index contributed by atoms with van der Waals surface area (Å²) < 4.78 is 41.6. The van der Waals surface area contributed by atoms with Crippen molar-refractivity contribution >= 4 is 25.6 Å². The maximum atomic E-state index is 12.9. The minimum Gasteiger partial charge on any atom is -0.355 e. The summed E-state index contributed by atoms with van der Waals surface area (Å²) in [5.74, 6) is 1.81. The largest absolute Gasteiger partial charge is 0.355 e. The predicted octanol–water partition coefficient (Wildman–Crippen LogP) is 1.77. The second-order valence-electron chi connectivity index (χ2n) is 5.99. The number of benzene rings is 1. The van der Waals surface area contributed by atoms with Gasteiger partial charge in [-0.2, -0.15) is 8.42 Å². The van der Waals surface area contributed by atoms with Crippen LogP contribution in [0.15, 0.2) is 45.2 Å². The van der Waals surface area contributed by atoms with Crippen molar-refractivity contribution in [2.45, 2.75) is 18.7 Å². The molecule has 1 fully saturated rings. The van der Waals surface area contributed by atoms with Gasteiger partial charge < -0.3 is 4.90 Å². The van der Waals surface area contributed by atoms with Gasteiger partial charge in [0.05, 0.1) is 26.1 Å². The highest BCUT2D eigenvalue weighted by Gasteiger charge is 2.25. The van der Waals surface area contributed by atoms with Crippen LogP contribution in [0.25, 0.3) is 0 Å². The van der Waals surface area contributed by atoms with E-state index in [1.54, 1.807) is 31.3 Å². The monoisotopic (exact) mass is 380 g/mol. The molecule has 7 nitrogen and oxygen atoms in total. The zero-order chi connectivity index (χ0) is 18.1. The lowest BCUT2D eigenvalue weighted by Gasteiger charge is -2.29. The normalized spacial score (nSPS) is 17.3. The minimum atomic E-state index is -3.92. The number of aryl methyl sites for hydroxylation is 2. The molecular formula is C16H20N4O3S2. The smallest absolute Gasteiger partial charge is 0.290 e. The standard InChI is InChI=1S/C16H20N4O3S2/c1-13-3-5-15(6-4-13)25(22,23)19-24(21)11-9-20(10-12-24)16-7-8-17-14(2)18-16/h3-8H,9-12H2,1-2H3. The molecule has 0 spiro atoms. The summed E-state index contributed by atoms with van der Waals surface area (Å²) in [6.45, 7) is 4.57. The van der Waals surface area contributed by atoms with E-state index >= 15 is 0 Å². The molecule has 3 rings (SSSR count). The Bertz CT molecular complexity index is 980. The van der Waals surface area contributed by atoms with Gasteiger partial charge in [-0.25, -0.2) is 14.2 Å². The topological polar surface area (TPSA) is 92.6 Å². The molecule has 0 N–H and O–H groups in total. The first kappa shape index (κ1) is 17.8. The van der Waals surface area contributed by atoms with Crippen molar-refractivity contribution in [2.24, 2.45) is 3.77 Å². The van der Waals surface area contributed by atoms with Crippen LogP contribution in [0.3, 0.4) is 0 Å². The fourth-order valence-corrected chi connectivity index (χ4v) is 6.64. The summed E-state index contributed by atoms with van der Waals surface area (Å²) in [5, 5.41) is 0. The van der Waals surface area contributed by atoms with E-state index in [0.717, 1.165) is 11.4 Å². The lowest BCUT2D eigenvalue weighted by Crippen LogP contribution is -2.41. The molecule has 2 heterocycles. The van der Waals surface area contributed by atoms with Crippen LogP contribution in [0.1, 0.15) is 11.4 Å². The predicted molar refractivity (Wildman–Crippen MR) is 97.7 cm³/mol. The summed E-state index contributed by atoms with van der Waals surface area (Å²) in [5.41, 5.74) is 0.955. The average molecular weight is 380 g/mol. The summed E-state index contributed by atoms with van der Waals surface area (Å²) in [4.78, 5) is 10.5. The molecule has 0 bridgehead atoms. The van der Waals surface area contributed by atoms with Gasteiger partial charge in [0.15, 0.2) is 0 Å². The van der Waals surface area contributed by atoms with Crippen LogP contribution in [0.2, 0.25) is 0 Å². The minimum absolute atomic E-state index is 0.0784. The van der Waals surface area contributed by atoms with Crippen LogP contribution < -0.4 is 4.90 Å². The van der Waals surface area contributed by atoms with E-state index in [-0.39, 0.29) is 16.4 Å². The molecular weight excluding hydrogens is 360 g/mol. The number of hydrogen-bond acceptors (Lipinski definition) is 6. The Balaban J connectivity index is 1.81. The number of anilines is 1. The quantitative estimate of drug-likeness (QED) is 0.806. The fraction of sp³-hybridized carbons (Fsp3) is 0.375. The van der Waals surface area contributed by atoms with Crippen LogP contribution in [0.4, 0.5) is 5.82 Å². The Morgan fingerprint density at radius 3 is 2.32 bits per heavy atom. The van der Waals surface area contributed by atoms with Gasteiger partial charge in [0.25, 0.3) is 10.0 Å². The van der Waals surface area contributed by atoms with Crippen molar-refractivity contribution in [2.75, 3.05) is 29.5 Å². The molecule has 0 atom stereocenters. The highest BCUT2D eigenvalue weighted by atomic mass is 32.3. The summed E-state index contributed by atoms with van der Waals surface area (Å²) in [6, 6.07) is 8.19. The Hall–Kier alpha value is -2.00. The molecule has 1 saturated heterocycles. The van der Waals surface area contributed by atoms with Gasteiger partial charge >= 0.3 is 0 Å². The third-order valence-corrected chi connectivity index (χ3v) is 8.38. The number of nitrogens with zero attached hydrogens (tertiary/aromatic N) is 4. The van der Waals surface area contributed by atoms with E-state index in [0.29, 0.717) is 18.9 Å². The maximum absolute atomic E-state index is 12.9. The third-order valence-electron chi connectivity index (χ3n) is 4.00. The number of rotatable bonds is 3. The molecule has 1 aliphatic heterocycles. The molecule has 0 aliphatic carbocycles. The van der Waals surface area contributed by atoms with Gasteiger partial charge in [0, 0.05) is 19.3 Å². The van der Waals surface area contributed by atoms with Crippen LogP contribution in [0, 0.1) is 13.8 Å². The number of aromatic nitrogens is 2. The molecule has 1 aromatic carbocycles. The first-order chi connectivity index (χ1) is 11.8. The Labute approximate surface area is 148 Å². The van der Waals surface area contributed by atoms with Crippen LogP contribution in [-0.4, -0.2) is 47.2 Å².